The first-order valence-electron chi connectivity index (χ1n) is 7.55. The maximum Gasteiger partial charge on any atom is 0.120 e. The Morgan fingerprint density at radius 2 is 1.95 bits per heavy atom. The van der Waals surface area contributed by atoms with Gasteiger partial charge in [0.15, 0.2) is 0 Å². The van der Waals surface area contributed by atoms with Crippen LogP contribution in [0.2, 0.25) is 0 Å². The van der Waals surface area contributed by atoms with Crippen molar-refractivity contribution in [1.82, 2.24) is 4.90 Å². The van der Waals surface area contributed by atoms with E-state index >= 15 is 0 Å². The highest BCUT2D eigenvalue weighted by atomic mass is 16.3. The number of hydrogen-bond acceptors (Lipinski definition) is 2. The Labute approximate surface area is 117 Å². The summed E-state index contributed by atoms with van der Waals surface area (Å²) in [5.74, 6) is 0.442. The molecule has 1 N–H and O–H groups in total. The first kappa shape index (κ1) is 14.4. The smallest absolute Gasteiger partial charge is 0.120 e. The molecule has 0 amide bonds. The standard InChI is InChI=1S/C17H27NO/c1-4-15(14-8-5-6-9-16(14)19)18-12-7-10-17(2,3)11-13-18/h5-6,8-9,15,19H,4,7,10-13H2,1-3H3. The molecule has 19 heavy (non-hydrogen) atoms. The Morgan fingerprint density at radius 3 is 2.63 bits per heavy atom. The Balaban J connectivity index is 2.16. The summed E-state index contributed by atoms with van der Waals surface area (Å²) < 4.78 is 0. The molecule has 1 aromatic rings. The normalized spacial score (nSPS) is 21.8. The Hall–Kier alpha value is -1.02. The predicted octanol–water partition coefficient (Wildman–Crippen LogP) is 4.36. The van der Waals surface area contributed by atoms with E-state index in [1.807, 2.05) is 12.1 Å². The molecule has 2 heteroatoms. The second kappa shape index (κ2) is 5.96. The molecule has 1 fully saturated rings. The SMILES string of the molecule is CCC(c1ccccc1O)N1CCCC(C)(C)CC1. The lowest BCUT2D eigenvalue weighted by molar-refractivity contribution is 0.188. The fourth-order valence-electron chi connectivity index (χ4n) is 3.20. The zero-order valence-electron chi connectivity index (χ0n) is 12.5. The van der Waals surface area contributed by atoms with Crippen molar-refractivity contribution in [2.45, 2.75) is 52.5 Å². The maximum absolute atomic E-state index is 10.1. The Kier molecular flexibility index (Phi) is 4.51. The van der Waals surface area contributed by atoms with Crippen LogP contribution in [0.4, 0.5) is 0 Å². The molecule has 0 bridgehead atoms. The summed E-state index contributed by atoms with van der Waals surface area (Å²) in [6.07, 6.45) is 4.87. The molecule has 1 aliphatic rings. The molecule has 0 aliphatic carbocycles. The van der Waals surface area contributed by atoms with Crippen molar-refractivity contribution in [3.63, 3.8) is 0 Å². The van der Waals surface area contributed by atoms with Crippen LogP contribution in [0.15, 0.2) is 24.3 Å². The quantitative estimate of drug-likeness (QED) is 0.874. The molecule has 1 atom stereocenters. The average Bonchev–Trinajstić information content (AvgIpc) is 2.54. The van der Waals surface area contributed by atoms with Gasteiger partial charge in [0.1, 0.15) is 5.75 Å². The minimum atomic E-state index is 0.357. The van der Waals surface area contributed by atoms with E-state index in [0.717, 1.165) is 25.1 Å². The fraction of sp³-hybridized carbons (Fsp3) is 0.647. The molecular formula is C17H27NO. The Morgan fingerprint density at radius 1 is 1.21 bits per heavy atom. The van der Waals surface area contributed by atoms with Gasteiger partial charge < -0.3 is 5.11 Å². The highest BCUT2D eigenvalue weighted by Crippen LogP contribution is 2.36. The van der Waals surface area contributed by atoms with E-state index in [1.165, 1.54) is 19.3 Å². The van der Waals surface area contributed by atoms with Crippen LogP contribution in [0.1, 0.15) is 58.1 Å². The van der Waals surface area contributed by atoms with Crippen LogP contribution in [0.3, 0.4) is 0 Å². The summed E-state index contributed by atoms with van der Waals surface area (Å²) in [4.78, 5) is 2.56. The summed E-state index contributed by atoms with van der Waals surface area (Å²) in [7, 11) is 0. The third-order valence-electron chi connectivity index (χ3n) is 4.50. The number of para-hydroxylation sites is 1. The van der Waals surface area contributed by atoms with Gasteiger partial charge in [-0.1, -0.05) is 39.0 Å². The van der Waals surface area contributed by atoms with E-state index in [4.69, 9.17) is 0 Å². The zero-order valence-corrected chi connectivity index (χ0v) is 12.5. The van der Waals surface area contributed by atoms with Gasteiger partial charge in [-0.3, -0.25) is 4.90 Å². The second-order valence-electron chi connectivity index (χ2n) is 6.54. The van der Waals surface area contributed by atoms with E-state index < -0.39 is 0 Å². The zero-order chi connectivity index (χ0) is 13.9. The van der Waals surface area contributed by atoms with Crippen molar-refractivity contribution in [2.75, 3.05) is 13.1 Å². The number of hydrogen-bond donors (Lipinski definition) is 1. The molecule has 1 aliphatic heterocycles. The van der Waals surface area contributed by atoms with Crippen LogP contribution >= 0.6 is 0 Å². The topological polar surface area (TPSA) is 23.5 Å². The monoisotopic (exact) mass is 261 g/mol. The third kappa shape index (κ3) is 3.50. The molecule has 106 valence electrons. The predicted molar refractivity (Wildman–Crippen MR) is 80.3 cm³/mol. The summed E-state index contributed by atoms with van der Waals surface area (Å²) in [5.41, 5.74) is 1.55. The van der Waals surface area contributed by atoms with E-state index in [9.17, 15) is 5.11 Å². The number of nitrogens with zero attached hydrogens (tertiary/aromatic N) is 1. The number of phenolic OH excluding ortho intramolecular Hbond substituents is 1. The third-order valence-corrected chi connectivity index (χ3v) is 4.50. The fourth-order valence-corrected chi connectivity index (χ4v) is 3.20. The van der Waals surface area contributed by atoms with Crippen molar-refractivity contribution in [1.29, 1.82) is 0 Å². The number of benzene rings is 1. The molecule has 2 rings (SSSR count). The lowest BCUT2D eigenvalue weighted by atomic mass is 9.85. The molecule has 1 aromatic carbocycles. The second-order valence-corrected chi connectivity index (χ2v) is 6.54. The van der Waals surface area contributed by atoms with Gasteiger partial charge in [0.25, 0.3) is 0 Å². The van der Waals surface area contributed by atoms with Crippen LogP contribution in [0.5, 0.6) is 5.75 Å². The highest BCUT2D eigenvalue weighted by Gasteiger charge is 2.27. The minimum Gasteiger partial charge on any atom is -0.508 e. The maximum atomic E-state index is 10.1. The highest BCUT2D eigenvalue weighted by molar-refractivity contribution is 5.34. The van der Waals surface area contributed by atoms with Crippen molar-refractivity contribution in [2.24, 2.45) is 5.41 Å². The number of phenols is 1. The molecule has 2 nitrogen and oxygen atoms in total. The number of aromatic hydroxyl groups is 1. The molecule has 0 spiro atoms. The van der Waals surface area contributed by atoms with Crippen LogP contribution in [-0.4, -0.2) is 23.1 Å². The molecule has 0 radical (unpaired) electrons. The van der Waals surface area contributed by atoms with Gasteiger partial charge in [-0.25, -0.2) is 0 Å². The molecule has 1 heterocycles. The first-order valence-corrected chi connectivity index (χ1v) is 7.55. The Bertz CT molecular complexity index is 413. The molecule has 0 saturated carbocycles. The lowest BCUT2D eigenvalue weighted by Gasteiger charge is -2.31. The van der Waals surface area contributed by atoms with Crippen LogP contribution < -0.4 is 0 Å². The summed E-state index contributed by atoms with van der Waals surface area (Å²) in [6, 6.07) is 8.16. The van der Waals surface area contributed by atoms with Gasteiger partial charge in [0.05, 0.1) is 0 Å². The van der Waals surface area contributed by atoms with Gasteiger partial charge in [-0.2, -0.15) is 0 Å². The van der Waals surface area contributed by atoms with Gasteiger partial charge in [-0.15, -0.1) is 0 Å². The largest absolute Gasteiger partial charge is 0.508 e. The average molecular weight is 261 g/mol. The van der Waals surface area contributed by atoms with Crippen molar-refractivity contribution >= 4 is 0 Å². The van der Waals surface area contributed by atoms with Gasteiger partial charge in [0, 0.05) is 11.6 Å². The minimum absolute atomic E-state index is 0.357. The van der Waals surface area contributed by atoms with E-state index in [2.05, 4.69) is 31.7 Å². The van der Waals surface area contributed by atoms with Gasteiger partial charge >= 0.3 is 0 Å². The van der Waals surface area contributed by atoms with E-state index in [0.29, 0.717) is 17.2 Å². The van der Waals surface area contributed by atoms with Crippen LogP contribution in [0, 0.1) is 5.41 Å². The van der Waals surface area contributed by atoms with Crippen molar-refractivity contribution in [3.8, 4) is 5.75 Å². The number of rotatable bonds is 3. The molecular weight excluding hydrogens is 234 g/mol. The molecule has 1 saturated heterocycles. The van der Waals surface area contributed by atoms with E-state index in [1.54, 1.807) is 6.07 Å². The first-order chi connectivity index (χ1) is 9.03. The van der Waals surface area contributed by atoms with Gasteiger partial charge in [0.2, 0.25) is 0 Å². The summed E-state index contributed by atoms with van der Waals surface area (Å²) >= 11 is 0. The lowest BCUT2D eigenvalue weighted by Crippen LogP contribution is -2.30. The van der Waals surface area contributed by atoms with Crippen molar-refractivity contribution < 1.29 is 5.11 Å². The van der Waals surface area contributed by atoms with E-state index in [-0.39, 0.29) is 0 Å². The molecule has 1 unspecified atom stereocenters. The van der Waals surface area contributed by atoms with Crippen LogP contribution in [-0.2, 0) is 0 Å². The number of likely N-dealkylation sites (tertiary alicyclic amines) is 1. The summed E-state index contributed by atoms with van der Waals surface area (Å²) in [5, 5.41) is 10.1. The van der Waals surface area contributed by atoms with Gasteiger partial charge in [-0.05, 0) is 50.3 Å². The van der Waals surface area contributed by atoms with Crippen molar-refractivity contribution in [3.05, 3.63) is 29.8 Å². The molecule has 0 aromatic heterocycles. The summed E-state index contributed by atoms with van der Waals surface area (Å²) in [6.45, 7) is 9.25. The van der Waals surface area contributed by atoms with Crippen LogP contribution in [0.25, 0.3) is 0 Å².